The molecule has 1 aliphatic heterocycles. The Morgan fingerprint density at radius 2 is 2.29 bits per heavy atom. The normalized spacial score (nSPS) is 20.2. The monoisotopic (exact) mass is 272 g/mol. The van der Waals surface area contributed by atoms with E-state index in [1.807, 2.05) is 4.57 Å². The molecule has 3 heterocycles. The summed E-state index contributed by atoms with van der Waals surface area (Å²) in [7, 11) is 0. The molecule has 1 atom stereocenters. The SMILES string of the molecule is Clc1nc(Cl)c2ncn(CC3CCCO3)c2n1. The number of hydrogen-bond donors (Lipinski definition) is 0. The number of halogens is 2. The zero-order valence-electron chi connectivity index (χ0n) is 8.94. The van der Waals surface area contributed by atoms with E-state index in [2.05, 4.69) is 15.0 Å². The lowest BCUT2D eigenvalue weighted by Crippen LogP contribution is -2.14. The summed E-state index contributed by atoms with van der Waals surface area (Å²) in [5.41, 5.74) is 1.24. The van der Waals surface area contributed by atoms with Crippen molar-refractivity contribution in [1.82, 2.24) is 19.5 Å². The predicted octanol–water partition coefficient (Wildman–Crippen LogP) is 2.31. The molecule has 1 aliphatic rings. The van der Waals surface area contributed by atoms with Crippen LogP contribution < -0.4 is 0 Å². The second-order valence-electron chi connectivity index (χ2n) is 3.99. The summed E-state index contributed by atoms with van der Waals surface area (Å²) < 4.78 is 7.49. The molecule has 0 radical (unpaired) electrons. The van der Waals surface area contributed by atoms with Crippen molar-refractivity contribution in [3.63, 3.8) is 0 Å². The van der Waals surface area contributed by atoms with Crippen molar-refractivity contribution in [3.05, 3.63) is 16.8 Å². The molecule has 0 spiro atoms. The second kappa shape index (κ2) is 4.40. The summed E-state index contributed by atoms with van der Waals surface area (Å²) in [6, 6.07) is 0. The minimum Gasteiger partial charge on any atom is -0.376 e. The summed E-state index contributed by atoms with van der Waals surface area (Å²) in [6.07, 6.45) is 4.09. The van der Waals surface area contributed by atoms with Crippen molar-refractivity contribution in [1.29, 1.82) is 0 Å². The van der Waals surface area contributed by atoms with Crippen molar-refractivity contribution in [2.45, 2.75) is 25.5 Å². The van der Waals surface area contributed by atoms with E-state index in [1.54, 1.807) is 6.33 Å². The molecule has 0 saturated carbocycles. The quantitative estimate of drug-likeness (QED) is 0.622. The Hall–Kier alpha value is -0.910. The van der Waals surface area contributed by atoms with Crippen molar-refractivity contribution in [2.24, 2.45) is 0 Å². The number of imidazole rings is 1. The second-order valence-corrected chi connectivity index (χ2v) is 4.68. The van der Waals surface area contributed by atoms with Gasteiger partial charge in [-0.3, -0.25) is 0 Å². The van der Waals surface area contributed by atoms with Gasteiger partial charge in [-0.1, -0.05) is 11.6 Å². The van der Waals surface area contributed by atoms with Crippen LogP contribution in [-0.4, -0.2) is 32.2 Å². The van der Waals surface area contributed by atoms with Gasteiger partial charge in [0.15, 0.2) is 10.8 Å². The van der Waals surface area contributed by atoms with E-state index in [9.17, 15) is 0 Å². The molecule has 17 heavy (non-hydrogen) atoms. The highest BCUT2D eigenvalue weighted by Crippen LogP contribution is 2.22. The molecule has 90 valence electrons. The first-order valence-corrected chi connectivity index (χ1v) is 6.15. The molecule has 5 nitrogen and oxygen atoms in total. The third kappa shape index (κ3) is 2.10. The van der Waals surface area contributed by atoms with Crippen LogP contribution in [0.3, 0.4) is 0 Å². The maximum Gasteiger partial charge on any atom is 0.225 e. The Morgan fingerprint density at radius 3 is 3.06 bits per heavy atom. The van der Waals surface area contributed by atoms with Gasteiger partial charge in [0.1, 0.15) is 5.52 Å². The Balaban J connectivity index is 1.99. The van der Waals surface area contributed by atoms with E-state index in [-0.39, 0.29) is 16.5 Å². The summed E-state index contributed by atoms with van der Waals surface area (Å²) in [6.45, 7) is 1.55. The molecule has 0 aromatic carbocycles. The fourth-order valence-corrected chi connectivity index (χ4v) is 2.45. The van der Waals surface area contributed by atoms with E-state index >= 15 is 0 Å². The van der Waals surface area contributed by atoms with Gasteiger partial charge in [-0.25, -0.2) is 9.97 Å². The summed E-state index contributed by atoms with van der Waals surface area (Å²) in [4.78, 5) is 12.2. The topological polar surface area (TPSA) is 52.8 Å². The summed E-state index contributed by atoms with van der Waals surface area (Å²) in [5, 5.41) is 0.419. The van der Waals surface area contributed by atoms with Crippen LogP contribution in [-0.2, 0) is 11.3 Å². The third-order valence-corrected chi connectivity index (χ3v) is 3.25. The van der Waals surface area contributed by atoms with Gasteiger partial charge in [0.25, 0.3) is 0 Å². The predicted molar refractivity (Wildman–Crippen MR) is 64.3 cm³/mol. The first-order chi connectivity index (χ1) is 8.24. The van der Waals surface area contributed by atoms with E-state index < -0.39 is 0 Å². The molecule has 0 amide bonds. The van der Waals surface area contributed by atoms with Gasteiger partial charge in [0.05, 0.1) is 19.0 Å². The van der Waals surface area contributed by atoms with Crippen LogP contribution >= 0.6 is 23.2 Å². The van der Waals surface area contributed by atoms with E-state index in [0.717, 1.165) is 26.0 Å². The molecular weight excluding hydrogens is 263 g/mol. The van der Waals surface area contributed by atoms with Gasteiger partial charge in [-0.2, -0.15) is 4.98 Å². The highest BCUT2D eigenvalue weighted by Gasteiger charge is 2.18. The molecule has 0 aliphatic carbocycles. The maximum absolute atomic E-state index is 5.95. The summed E-state index contributed by atoms with van der Waals surface area (Å²) >= 11 is 11.7. The zero-order valence-corrected chi connectivity index (χ0v) is 10.4. The Kier molecular flexibility index (Phi) is 2.90. The number of ether oxygens (including phenoxy) is 1. The molecule has 0 bridgehead atoms. The van der Waals surface area contributed by atoms with Crippen molar-refractivity contribution >= 4 is 34.4 Å². The van der Waals surface area contributed by atoms with E-state index in [4.69, 9.17) is 27.9 Å². The standard InChI is InChI=1S/C10H10Cl2N4O/c11-8-7-9(15-10(12)14-8)16(5-13-7)4-6-2-1-3-17-6/h5-6H,1-4H2. The highest BCUT2D eigenvalue weighted by molar-refractivity contribution is 6.35. The summed E-state index contributed by atoms with van der Waals surface area (Å²) in [5.74, 6) is 0. The smallest absolute Gasteiger partial charge is 0.225 e. The lowest BCUT2D eigenvalue weighted by atomic mass is 10.2. The van der Waals surface area contributed by atoms with Crippen LogP contribution in [0.2, 0.25) is 10.4 Å². The van der Waals surface area contributed by atoms with E-state index in [1.165, 1.54) is 0 Å². The first-order valence-electron chi connectivity index (χ1n) is 5.39. The van der Waals surface area contributed by atoms with Crippen LogP contribution in [0.5, 0.6) is 0 Å². The lowest BCUT2D eigenvalue weighted by Gasteiger charge is -2.10. The van der Waals surface area contributed by atoms with Gasteiger partial charge in [0.2, 0.25) is 5.28 Å². The van der Waals surface area contributed by atoms with Crippen LogP contribution in [0.4, 0.5) is 0 Å². The van der Waals surface area contributed by atoms with Gasteiger partial charge in [-0.15, -0.1) is 0 Å². The van der Waals surface area contributed by atoms with Gasteiger partial charge in [-0.05, 0) is 24.4 Å². The molecule has 1 saturated heterocycles. The maximum atomic E-state index is 5.95. The minimum atomic E-state index is 0.136. The minimum absolute atomic E-state index is 0.136. The fourth-order valence-electron chi connectivity index (χ4n) is 2.03. The van der Waals surface area contributed by atoms with Gasteiger partial charge in [0, 0.05) is 6.61 Å². The largest absolute Gasteiger partial charge is 0.376 e. The Bertz CT molecular complexity index is 550. The third-order valence-electron chi connectivity index (χ3n) is 2.82. The Morgan fingerprint density at radius 1 is 1.41 bits per heavy atom. The van der Waals surface area contributed by atoms with Crippen LogP contribution in [0.15, 0.2) is 6.33 Å². The molecule has 2 aromatic rings. The lowest BCUT2D eigenvalue weighted by molar-refractivity contribution is 0.0978. The molecule has 1 unspecified atom stereocenters. The first kappa shape index (κ1) is 11.2. The highest BCUT2D eigenvalue weighted by atomic mass is 35.5. The van der Waals surface area contributed by atoms with Gasteiger partial charge < -0.3 is 9.30 Å². The van der Waals surface area contributed by atoms with Crippen molar-refractivity contribution < 1.29 is 4.74 Å². The molecular formula is C10H10Cl2N4O. The number of nitrogens with zero attached hydrogens (tertiary/aromatic N) is 4. The molecule has 7 heteroatoms. The van der Waals surface area contributed by atoms with Crippen LogP contribution in [0.25, 0.3) is 11.2 Å². The fraction of sp³-hybridized carbons (Fsp3) is 0.500. The van der Waals surface area contributed by atoms with Crippen molar-refractivity contribution in [2.75, 3.05) is 6.61 Å². The molecule has 3 rings (SSSR count). The molecule has 0 N–H and O–H groups in total. The zero-order chi connectivity index (χ0) is 11.8. The average molecular weight is 273 g/mol. The van der Waals surface area contributed by atoms with Gasteiger partial charge >= 0.3 is 0 Å². The number of aromatic nitrogens is 4. The average Bonchev–Trinajstić information content (AvgIpc) is 2.89. The Labute approximate surface area is 108 Å². The van der Waals surface area contributed by atoms with E-state index in [0.29, 0.717) is 11.2 Å². The van der Waals surface area contributed by atoms with Crippen molar-refractivity contribution in [3.8, 4) is 0 Å². The number of fused-ring (bicyclic) bond motifs is 1. The molecule has 1 fully saturated rings. The van der Waals surface area contributed by atoms with Crippen LogP contribution in [0.1, 0.15) is 12.8 Å². The number of rotatable bonds is 2. The van der Waals surface area contributed by atoms with Crippen LogP contribution in [0, 0.1) is 0 Å². The number of hydrogen-bond acceptors (Lipinski definition) is 4. The molecule has 2 aromatic heterocycles.